The lowest BCUT2D eigenvalue weighted by Crippen LogP contribution is -2.32. The Labute approximate surface area is 209 Å². The standard InChI is InChI=1S/C28H26ClNO5/c1-18-16-22(35-17-19-6-4-3-5-7-19)12-13-23(18)26(31)24-25(20-8-10-21(29)11-9-20)30(14-15-34-2)28(33)27(24)32/h3-13,16,25,31H,14-15,17H2,1-2H3/t25-/m0/s1. The van der Waals surface area contributed by atoms with Crippen LogP contribution in [0, 0.1) is 6.92 Å². The van der Waals surface area contributed by atoms with Crippen molar-refractivity contribution in [3.63, 3.8) is 0 Å². The first kappa shape index (κ1) is 24.5. The fourth-order valence-corrected chi connectivity index (χ4v) is 4.30. The van der Waals surface area contributed by atoms with Crippen LogP contribution in [0.25, 0.3) is 5.76 Å². The SMILES string of the molecule is COCCN1C(=O)C(=O)C(=C(O)c2ccc(OCc3ccccc3)cc2C)[C@@H]1c1ccc(Cl)cc1. The van der Waals surface area contributed by atoms with Gasteiger partial charge in [-0.05, 0) is 53.9 Å². The highest BCUT2D eigenvalue weighted by molar-refractivity contribution is 6.46. The van der Waals surface area contributed by atoms with Crippen LogP contribution in [0.4, 0.5) is 0 Å². The molecule has 7 heteroatoms. The fraction of sp³-hybridized carbons (Fsp3) is 0.214. The number of aliphatic hydroxyl groups is 1. The third-order valence-electron chi connectivity index (χ3n) is 5.96. The normalized spacial score (nSPS) is 17.1. The number of carbonyl (C=O) groups excluding carboxylic acids is 2. The van der Waals surface area contributed by atoms with Gasteiger partial charge in [-0.2, -0.15) is 0 Å². The number of benzene rings is 3. The second-order valence-corrected chi connectivity index (χ2v) is 8.72. The molecule has 0 bridgehead atoms. The van der Waals surface area contributed by atoms with Gasteiger partial charge in [-0.1, -0.05) is 54.1 Å². The van der Waals surface area contributed by atoms with Crippen molar-refractivity contribution in [2.24, 2.45) is 0 Å². The highest BCUT2D eigenvalue weighted by Gasteiger charge is 2.46. The number of Topliss-reactive ketones (excluding diaryl/α,β-unsaturated/α-hetero) is 1. The summed E-state index contributed by atoms with van der Waals surface area (Å²) in [5.74, 6) is -1.00. The van der Waals surface area contributed by atoms with Gasteiger partial charge >= 0.3 is 0 Å². The van der Waals surface area contributed by atoms with Gasteiger partial charge in [0.05, 0.1) is 18.2 Å². The lowest BCUT2D eigenvalue weighted by atomic mass is 9.94. The number of hydrogen-bond donors (Lipinski definition) is 1. The van der Waals surface area contributed by atoms with Crippen molar-refractivity contribution in [2.75, 3.05) is 20.3 Å². The van der Waals surface area contributed by atoms with Gasteiger partial charge < -0.3 is 19.5 Å². The number of methoxy groups -OCH3 is 1. The van der Waals surface area contributed by atoms with E-state index in [1.165, 1.54) is 12.0 Å². The van der Waals surface area contributed by atoms with E-state index in [1.54, 1.807) is 42.5 Å². The van der Waals surface area contributed by atoms with E-state index >= 15 is 0 Å². The second kappa shape index (κ2) is 10.8. The number of likely N-dealkylation sites (tertiary alicyclic amines) is 1. The minimum absolute atomic E-state index is 0.0366. The van der Waals surface area contributed by atoms with E-state index in [-0.39, 0.29) is 24.5 Å². The van der Waals surface area contributed by atoms with Crippen molar-refractivity contribution < 1.29 is 24.2 Å². The van der Waals surface area contributed by atoms with Crippen molar-refractivity contribution in [1.82, 2.24) is 4.90 Å². The summed E-state index contributed by atoms with van der Waals surface area (Å²) in [5, 5.41) is 11.8. The summed E-state index contributed by atoms with van der Waals surface area (Å²) in [6.07, 6.45) is 0. The summed E-state index contributed by atoms with van der Waals surface area (Å²) in [6, 6.07) is 21.2. The quantitative estimate of drug-likeness (QED) is 0.263. The molecule has 1 amide bonds. The molecule has 1 fully saturated rings. The fourth-order valence-electron chi connectivity index (χ4n) is 4.17. The Hall–Kier alpha value is -3.61. The number of rotatable bonds is 8. The molecule has 1 aliphatic rings. The molecule has 1 N–H and O–H groups in total. The molecule has 0 spiro atoms. The maximum atomic E-state index is 13.1. The molecular formula is C28H26ClNO5. The molecule has 180 valence electrons. The van der Waals surface area contributed by atoms with E-state index in [1.807, 2.05) is 37.3 Å². The van der Waals surface area contributed by atoms with Gasteiger partial charge in [0, 0.05) is 24.2 Å². The molecule has 35 heavy (non-hydrogen) atoms. The number of carbonyl (C=O) groups is 2. The number of hydrogen-bond acceptors (Lipinski definition) is 5. The Kier molecular flexibility index (Phi) is 7.54. The monoisotopic (exact) mass is 491 g/mol. The Morgan fingerprint density at radius 1 is 1.03 bits per heavy atom. The average molecular weight is 492 g/mol. The molecule has 4 rings (SSSR count). The number of aliphatic hydroxyl groups excluding tert-OH is 1. The summed E-state index contributed by atoms with van der Waals surface area (Å²) >= 11 is 6.05. The number of aryl methyl sites for hydroxylation is 1. The van der Waals surface area contributed by atoms with E-state index in [4.69, 9.17) is 21.1 Å². The molecule has 1 heterocycles. The van der Waals surface area contributed by atoms with E-state index in [0.29, 0.717) is 34.1 Å². The number of halogens is 1. The second-order valence-electron chi connectivity index (χ2n) is 8.29. The maximum Gasteiger partial charge on any atom is 0.295 e. The van der Waals surface area contributed by atoms with Crippen LogP contribution in [0.5, 0.6) is 5.75 Å². The van der Waals surface area contributed by atoms with E-state index in [2.05, 4.69) is 0 Å². The topological polar surface area (TPSA) is 76.1 Å². The number of nitrogens with zero attached hydrogens (tertiary/aromatic N) is 1. The Morgan fingerprint density at radius 2 is 1.74 bits per heavy atom. The first-order valence-electron chi connectivity index (χ1n) is 11.2. The van der Waals surface area contributed by atoms with Crippen LogP contribution in [-0.4, -0.2) is 42.0 Å². The minimum Gasteiger partial charge on any atom is -0.507 e. The molecule has 0 radical (unpaired) electrons. The molecule has 1 saturated heterocycles. The Bertz CT molecular complexity index is 1250. The average Bonchev–Trinajstić information content (AvgIpc) is 3.12. The van der Waals surface area contributed by atoms with Gasteiger partial charge in [-0.15, -0.1) is 0 Å². The molecule has 1 atom stereocenters. The van der Waals surface area contributed by atoms with Gasteiger partial charge in [-0.3, -0.25) is 9.59 Å². The van der Waals surface area contributed by atoms with Crippen LogP contribution in [-0.2, 0) is 20.9 Å². The largest absolute Gasteiger partial charge is 0.507 e. The molecule has 0 saturated carbocycles. The summed E-state index contributed by atoms with van der Waals surface area (Å²) in [6.45, 7) is 2.69. The maximum absolute atomic E-state index is 13.1. The highest BCUT2D eigenvalue weighted by atomic mass is 35.5. The zero-order valence-electron chi connectivity index (χ0n) is 19.5. The van der Waals surface area contributed by atoms with Crippen LogP contribution >= 0.6 is 11.6 Å². The first-order chi connectivity index (χ1) is 16.9. The van der Waals surface area contributed by atoms with Crippen LogP contribution in [0.1, 0.15) is 28.3 Å². The summed E-state index contributed by atoms with van der Waals surface area (Å²) in [4.78, 5) is 27.4. The van der Waals surface area contributed by atoms with E-state index in [9.17, 15) is 14.7 Å². The van der Waals surface area contributed by atoms with Crippen molar-refractivity contribution in [3.05, 3.63) is 106 Å². The molecular weight excluding hydrogens is 466 g/mol. The Balaban J connectivity index is 1.70. The molecule has 0 aliphatic carbocycles. The molecule has 0 unspecified atom stereocenters. The highest BCUT2D eigenvalue weighted by Crippen LogP contribution is 2.40. The third-order valence-corrected chi connectivity index (χ3v) is 6.22. The predicted octanol–water partition coefficient (Wildman–Crippen LogP) is 5.30. The van der Waals surface area contributed by atoms with Crippen LogP contribution in [0.3, 0.4) is 0 Å². The lowest BCUT2D eigenvalue weighted by molar-refractivity contribution is -0.140. The number of amides is 1. The minimum atomic E-state index is -0.754. The zero-order chi connectivity index (χ0) is 24.9. The number of ether oxygens (including phenoxy) is 2. The van der Waals surface area contributed by atoms with E-state index < -0.39 is 17.7 Å². The van der Waals surface area contributed by atoms with Gasteiger partial charge in [0.15, 0.2) is 0 Å². The molecule has 3 aromatic carbocycles. The van der Waals surface area contributed by atoms with Crippen LogP contribution in [0.2, 0.25) is 5.02 Å². The summed E-state index contributed by atoms with van der Waals surface area (Å²) < 4.78 is 11.0. The van der Waals surface area contributed by atoms with Crippen LogP contribution < -0.4 is 4.74 Å². The van der Waals surface area contributed by atoms with Gasteiger partial charge in [0.2, 0.25) is 0 Å². The lowest BCUT2D eigenvalue weighted by Gasteiger charge is -2.25. The van der Waals surface area contributed by atoms with Crippen molar-refractivity contribution >= 4 is 29.1 Å². The zero-order valence-corrected chi connectivity index (χ0v) is 20.3. The summed E-state index contributed by atoms with van der Waals surface area (Å²) in [7, 11) is 1.53. The van der Waals surface area contributed by atoms with Crippen molar-refractivity contribution in [3.8, 4) is 5.75 Å². The molecule has 3 aromatic rings. The van der Waals surface area contributed by atoms with Crippen LogP contribution in [0.15, 0.2) is 78.4 Å². The Morgan fingerprint density at radius 3 is 2.40 bits per heavy atom. The molecule has 1 aliphatic heterocycles. The molecule has 6 nitrogen and oxygen atoms in total. The summed E-state index contributed by atoms with van der Waals surface area (Å²) in [5.41, 5.74) is 2.92. The molecule has 0 aromatic heterocycles. The third kappa shape index (κ3) is 5.24. The van der Waals surface area contributed by atoms with Crippen molar-refractivity contribution in [2.45, 2.75) is 19.6 Å². The van der Waals surface area contributed by atoms with Gasteiger partial charge in [0.25, 0.3) is 11.7 Å². The predicted molar refractivity (Wildman–Crippen MR) is 134 cm³/mol. The van der Waals surface area contributed by atoms with Gasteiger partial charge in [0.1, 0.15) is 18.1 Å². The first-order valence-corrected chi connectivity index (χ1v) is 11.6. The van der Waals surface area contributed by atoms with E-state index in [0.717, 1.165) is 5.56 Å². The van der Waals surface area contributed by atoms with Gasteiger partial charge in [-0.25, -0.2) is 0 Å². The smallest absolute Gasteiger partial charge is 0.295 e. The number of ketones is 1. The van der Waals surface area contributed by atoms with Crippen molar-refractivity contribution in [1.29, 1.82) is 0 Å².